The fourth-order valence-corrected chi connectivity index (χ4v) is 13.9. The summed E-state index contributed by atoms with van der Waals surface area (Å²) >= 11 is 0. The Kier molecular flexibility index (Phi) is 6.98. The van der Waals surface area contributed by atoms with Gasteiger partial charge in [0.1, 0.15) is 11.4 Å². The third-order valence-corrected chi connectivity index (χ3v) is 15.8. The molecule has 1 aromatic carbocycles. The van der Waals surface area contributed by atoms with Crippen LogP contribution in [0.1, 0.15) is 76.3 Å². The van der Waals surface area contributed by atoms with E-state index in [2.05, 4.69) is 53.8 Å². The first kappa shape index (κ1) is 33.5. The molecule has 8 atom stereocenters. The van der Waals surface area contributed by atoms with E-state index in [1.807, 2.05) is 6.08 Å². The smallest absolute Gasteiger partial charge is 0.335 e. The predicted molar refractivity (Wildman–Crippen MR) is 201 cm³/mol. The topological polar surface area (TPSA) is 101 Å². The summed E-state index contributed by atoms with van der Waals surface area (Å²) in [7, 11) is 6.71. The van der Waals surface area contributed by atoms with Crippen LogP contribution in [0.5, 0.6) is 5.75 Å². The molecule has 0 aromatic heterocycles. The van der Waals surface area contributed by atoms with E-state index in [0.29, 0.717) is 17.7 Å². The van der Waals surface area contributed by atoms with Crippen LogP contribution in [0, 0.1) is 22.7 Å². The first-order valence-electron chi connectivity index (χ1n) is 19.7. The molecular formula is C43H50N4O6. The van der Waals surface area contributed by atoms with Crippen LogP contribution >= 0.6 is 0 Å². The molecule has 10 aliphatic rings. The third kappa shape index (κ3) is 3.73. The van der Waals surface area contributed by atoms with E-state index in [9.17, 15) is 14.4 Å². The van der Waals surface area contributed by atoms with Crippen molar-refractivity contribution < 1.29 is 28.6 Å². The first-order valence-corrected chi connectivity index (χ1v) is 19.7. The molecule has 11 rings (SSSR count). The molecule has 278 valence electrons. The molecule has 0 radical (unpaired) electrons. The van der Waals surface area contributed by atoms with Gasteiger partial charge in [-0.25, -0.2) is 4.79 Å². The molecule has 6 fully saturated rings. The van der Waals surface area contributed by atoms with Gasteiger partial charge in [0, 0.05) is 54.8 Å². The Morgan fingerprint density at radius 1 is 1.04 bits per heavy atom. The zero-order chi connectivity index (χ0) is 36.8. The second-order valence-electron chi connectivity index (χ2n) is 17.0. The zero-order valence-corrected chi connectivity index (χ0v) is 31.8. The van der Waals surface area contributed by atoms with Gasteiger partial charge in [0.2, 0.25) is 0 Å². The summed E-state index contributed by atoms with van der Waals surface area (Å²) in [4.78, 5) is 55.2. The molecule has 3 aliphatic carbocycles. The Morgan fingerprint density at radius 2 is 1.87 bits per heavy atom. The quantitative estimate of drug-likeness (QED) is 0.226. The summed E-state index contributed by atoms with van der Waals surface area (Å²) in [5, 5.41) is 0. The normalized spacial score (nSPS) is 39.4. The molecule has 0 amide bonds. The van der Waals surface area contributed by atoms with E-state index in [4.69, 9.17) is 19.2 Å². The van der Waals surface area contributed by atoms with Crippen LogP contribution in [0.2, 0.25) is 0 Å². The van der Waals surface area contributed by atoms with E-state index in [1.165, 1.54) is 19.8 Å². The third-order valence-electron chi connectivity index (χ3n) is 15.8. The molecule has 2 spiro atoms. The molecule has 10 heteroatoms. The molecule has 7 heterocycles. The molecule has 4 bridgehead atoms. The van der Waals surface area contributed by atoms with Crippen molar-refractivity contribution in [3.8, 4) is 5.75 Å². The predicted octanol–water partition coefficient (Wildman–Crippen LogP) is 5.37. The Bertz CT molecular complexity index is 2080. The highest BCUT2D eigenvalue weighted by molar-refractivity contribution is 6.37. The van der Waals surface area contributed by atoms with Crippen LogP contribution in [-0.4, -0.2) is 99.5 Å². The highest BCUT2D eigenvalue weighted by Gasteiger charge is 2.75. The summed E-state index contributed by atoms with van der Waals surface area (Å²) in [6, 6.07) is 4.52. The fraction of sp³-hybridized carbons (Fsp3) is 0.581. The maximum absolute atomic E-state index is 14.7. The van der Waals surface area contributed by atoms with Gasteiger partial charge in [-0.15, -0.1) is 0 Å². The van der Waals surface area contributed by atoms with Crippen molar-refractivity contribution >= 4 is 34.7 Å². The average molecular weight is 719 g/mol. The van der Waals surface area contributed by atoms with Gasteiger partial charge in [-0.05, 0) is 112 Å². The van der Waals surface area contributed by atoms with Crippen LogP contribution in [0.25, 0.3) is 5.57 Å². The number of hydrogen-bond donors (Lipinski definition) is 0. The Balaban J connectivity index is 1.16. The van der Waals surface area contributed by atoms with Gasteiger partial charge >= 0.3 is 11.9 Å². The van der Waals surface area contributed by atoms with E-state index in [0.717, 1.165) is 110 Å². The fourth-order valence-electron chi connectivity index (χ4n) is 13.9. The minimum absolute atomic E-state index is 0.0507. The number of carbonyl (C=O) groups is 3. The average Bonchev–Trinajstić information content (AvgIpc) is 3.83. The van der Waals surface area contributed by atoms with Gasteiger partial charge in [-0.1, -0.05) is 18.6 Å². The van der Waals surface area contributed by atoms with Crippen LogP contribution in [0.4, 0.5) is 5.69 Å². The van der Waals surface area contributed by atoms with Crippen molar-refractivity contribution in [1.29, 1.82) is 0 Å². The molecular weight excluding hydrogens is 668 g/mol. The van der Waals surface area contributed by atoms with Gasteiger partial charge in [0.05, 0.1) is 49.4 Å². The van der Waals surface area contributed by atoms with Crippen molar-refractivity contribution in [3.05, 3.63) is 63.9 Å². The van der Waals surface area contributed by atoms with Gasteiger partial charge in [0.15, 0.2) is 5.78 Å². The number of esters is 2. The number of anilines is 1. The number of ether oxygens (including phenoxy) is 3. The molecule has 1 unspecified atom stereocenters. The number of allylic oxidation sites excluding steroid dienone is 4. The highest BCUT2D eigenvalue weighted by Crippen LogP contribution is 2.71. The van der Waals surface area contributed by atoms with E-state index < -0.39 is 22.4 Å². The van der Waals surface area contributed by atoms with Crippen LogP contribution in [-0.2, 0) is 29.3 Å². The first-order chi connectivity index (χ1) is 25.6. The number of nitrogens with zero attached hydrogens (tertiary/aromatic N) is 4. The van der Waals surface area contributed by atoms with Gasteiger partial charge in [-0.2, -0.15) is 0 Å². The summed E-state index contributed by atoms with van der Waals surface area (Å²) in [5.41, 5.74) is 6.62. The summed E-state index contributed by atoms with van der Waals surface area (Å²) in [5.74, 6) is -0.273. The van der Waals surface area contributed by atoms with Crippen LogP contribution in [0.15, 0.2) is 57.8 Å². The van der Waals surface area contributed by atoms with E-state index in [-0.39, 0.29) is 35.1 Å². The maximum Gasteiger partial charge on any atom is 0.335 e. The number of benzene rings is 1. The zero-order valence-electron chi connectivity index (χ0n) is 31.8. The molecule has 1 aromatic rings. The Labute approximate surface area is 311 Å². The Morgan fingerprint density at radius 3 is 2.60 bits per heavy atom. The molecule has 7 aliphatic heterocycles. The number of rotatable bonds is 5. The maximum atomic E-state index is 14.7. The lowest BCUT2D eigenvalue weighted by molar-refractivity contribution is -0.156. The summed E-state index contributed by atoms with van der Waals surface area (Å²) in [6.07, 6.45) is 13.2. The molecule has 0 N–H and O–H groups in total. The van der Waals surface area contributed by atoms with Gasteiger partial charge in [0.25, 0.3) is 0 Å². The second kappa shape index (κ2) is 11.0. The number of aliphatic imine (C=N–C) groups is 1. The van der Waals surface area contributed by atoms with Crippen molar-refractivity contribution in [1.82, 2.24) is 9.80 Å². The summed E-state index contributed by atoms with van der Waals surface area (Å²) in [6.45, 7) is 7.97. The number of methoxy groups -OCH3 is 3. The van der Waals surface area contributed by atoms with E-state index in [1.54, 1.807) is 13.2 Å². The second-order valence-corrected chi connectivity index (χ2v) is 17.0. The van der Waals surface area contributed by atoms with E-state index >= 15 is 0 Å². The minimum atomic E-state index is -0.617. The molecule has 10 nitrogen and oxygen atoms in total. The SMILES string of the molecule is C/C=C1/CN2CC[C@@]34C5=CC(=O)C(c6cc7c(cc6OC)N(C)C6=C(C(=O)OC)C[C@]8(CC)CCCN9CC[C@@]67[C@@H]98)=CC5=N[C@@]23CC[C@@H]1[C@H]4C(=O)OC. The largest absolute Gasteiger partial charge is 0.496 e. The van der Waals surface area contributed by atoms with Gasteiger partial charge in [-0.3, -0.25) is 24.4 Å². The lowest BCUT2D eigenvalue weighted by atomic mass is 9.53. The number of piperidine rings is 1. The number of carbonyl (C=O) groups excluding carboxylic acids is 3. The minimum Gasteiger partial charge on any atom is -0.496 e. The Hall–Kier alpha value is -4.02. The van der Waals surface area contributed by atoms with Crippen molar-refractivity contribution in [3.63, 3.8) is 0 Å². The molecule has 5 saturated heterocycles. The van der Waals surface area contributed by atoms with Gasteiger partial charge < -0.3 is 19.1 Å². The van der Waals surface area contributed by atoms with Crippen molar-refractivity contribution in [2.75, 3.05) is 59.5 Å². The number of hydrogen-bond acceptors (Lipinski definition) is 10. The van der Waals surface area contributed by atoms with Crippen molar-refractivity contribution in [2.45, 2.75) is 82.3 Å². The van der Waals surface area contributed by atoms with Crippen LogP contribution < -0.4 is 9.64 Å². The number of fused-ring (bicyclic) bond motifs is 4. The lowest BCUT2D eigenvalue weighted by Crippen LogP contribution is -2.60. The van der Waals surface area contributed by atoms with Crippen molar-refractivity contribution in [2.24, 2.45) is 27.7 Å². The number of ketones is 1. The highest BCUT2D eigenvalue weighted by atomic mass is 16.5. The monoisotopic (exact) mass is 718 g/mol. The molecule has 1 saturated carbocycles. The number of likely N-dealkylation sites (N-methyl/N-ethyl adjacent to an activating group) is 1. The molecule has 53 heavy (non-hydrogen) atoms. The standard InChI is InChI=1S/C43H50N4O6/c1-7-24-23-47-17-14-42-29-20-33(48)26(19-31(29)44-43(42,47)12-10-25(24)35(42)38(50)53-6)27-18-30-32(21-34(27)51-4)45(3)36-28(37(49)52-5)22-40(8-2)11-9-15-46-16-13-41(30,36)39(40)46/h7,18-21,25,35,39H,8-17,22-23H2,1-6H3/b24-7-/t25-,35-,39-,40-,41-,42-,43-/m0/s1. The van der Waals surface area contributed by atoms with Crippen LogP contribution in [0.3, 0.4) is 0 Å². The summed E-state index contributed by atoms with van der Waals surface area (Å²) < 4.78 is 17.2. The lowest BCUT2D eigenvalue weighted by Gasteiger charge is -2.56.